The van der Waals surface area contributed by atoms with Gasteiger partial charge in [0.2, 0.25) is 11.8 Å². The van der Waals surface area contributed by atoms with Crippen LogP contribution in [-0.4, -0.2) is 34.5 Å². The van der Waals surface area contributed by atoms with Crippen LogP contribution >= 0.6 is 11.3 Å². The molecule has 0 saturated heterocycles. The molecular formula is C24H23N5O4S. The van der Waals surface area contributed by atoms with E-state index in [-0.39, 0.29) is 31.1 Å². The number of carbonyl (C=O) groups excluding carboxylic acids is 3. The average Bonchev–Trinajstić information content (AvgIpc) is 3.47. The molecule has 3 N–H and O–H groups in total. The number of thiazole rings is 1. The zero-order valence-corrected chi connectivity index (χ0v) is 19.2. The molecule has 1 aromatic heterocycles. The van der Waals surface area contributed by atoms with Crippen molar-refractivity contribution < 1.29 is 19.1 Å². The second-order valence-electron chi connectivity index (χ2n) is 7.70. The Labute approximate surface area is 200 Å². The van der Waals surface area contributed by atoms with E-state index < -0.39 is 17.9 Å². The van der Waals surface area contributed by atoms with Gasteiger partial charge in [0.05, 0.1) is 17.8 Å². The van der Waals surface area contributed by atoms with Crippen LogP contribution < -0.4 is 16.1 Å². The van der Waals surface area contributed by atoms with Gasteiger partial charge in [-0.1, -0.05) is 36.4 Å². The van der Waals surface area contributed by atoms with Crippen molar-refractivity contribution in [3.63, 3.8) is 0 Å². The monoisotopic (exact) mass is 477 g/mol. The van der Waals surface area contributed by atoms with Crippen LogP contribution in [0.15, 0.2) is 65.1 Å². The number of primary amides is 1. The number of hydrogen-bond acceptors (Lipinski definition) is 8. The van der Waals surface area contributed by atoms with E-state index in [0.717, 1.165) is 11.3 Å². The van der Waals surface area contributed by atoms with E-state index >= 15 is 0 Å². The van der Waals surface area contributed by atoms with E-state index in [4.69, 9.17) is 10.5 Å². The lowest BCUT2D eigenvalue weighted by molar-refractivity contribution is -0.137. The third-order valence-electron chi connectivity index (χ3n) is 5.18. The van der Waals surface area contributed by atoms with E-state index in [1.54, 1.807) is 29.6 Å². The number of anilines is 2. The zero-order chi connectivity index (χ0) is 24.1. The van der Waals surface area contributed by atoms with Gasteiger partial charge in [0.15, 0.2) is 0 Å². The number of nitrogens with one attached hydrogen (secondary N) is 1. The summed E-state index contributed by atoms with van der Waals surface area (Å²) in [5.41, 5.74) is 8.53. The number of nitrogens with two attached hydrogens (primary N) is 1. The van der Waals surface area contributed by atoms with Gasteiger partial charge in [0.1, 0.15) is 23.4 Å². The first-order chi connectivity index (χ1) is 16.4. The van der Waals surface area contributed by atoms with Crippen molar-refractivity contribution in [2.75, 3.05) is 10.3 Å². The van der Waals surface area contributed by atoms with Crippen LogP contribution in [0.3, 0.4) is 0 Å². The quantitative estimate of drug-likeness (QED) is 0.481. The molecule has 0 unspecified atom stereocenters. The molecule has 10 heteroatoms. The Morgan fingerprint density at radius 1 is 1.15 bits per heavy atom. The molecule has 9 nitrogen and oxygen atoms in total. The molecule has 2 aromatic carbocycles. The normalized spacial score (nSPS) is 15.0. The minimum Gasteiger partial charge on any atom is -0.455 e. The molecule has 1 aliphatic rings. The number of benzene rings is 2. The van der Waals surface area contributed by atoms with Gasteiger partial charge in [-0.3, -0.25) is 14.6 Å². The molecule has 2 heterocycles. The fraction of sp³-hybridized carbons (Fsp3) is 0.208. The Bertz CT molecular complexity index is 1240. The highest BCUT2D eigenvalue weighted by molar-refractivity contribution is 7.09. The Hall–Kier alpha value is -4.05. The summed E-state index contributed by atoms with van der Waals surface area (Å²) in [5, 5.41) is 10.9. The molecule has 0 saturated carbocycles. The van der Waals surface area contributed by atoms with Crippen LogP contribution in [0.5, 0.6) is 0 Å². The third-order valence-corrected chi connectivity index (χ3v) is 6.07. The van der Waals surface area contributed by atoms with E-state index in [1.807, 2.05) is 37.3 Å². The molecule has 174 valence electrons. The summed E-state index contributed by atoms with van der Waals surface area (Å²) in [4.78, 5) is 41.1. The van der Waals surface area contributed by atoms with Gasteiger partial charge in [-0.15, -0.1) is 11.3 Å². The number of aryl methyl sites for hydroxylation is 1. The van der Waals surface area contributed by atoms with Crippen LogP contribution in [0.25, 0.3) is 0 Å². The first-order valence-corrected chi connectivity index (χ1v) is 11.5. The summed E-state index contributed by atoms with van der Waals surface area (Å²) in [6.07, 6.45) is 0.177. The molecule has 0 fully saturated rings. The summed E-state index contributed by atoms with van der Waals surface area (Å²) in [7, 11) is 0. The number of hydrazone groups is 1. The second-order valence-corrected chi connectivity index (χ2v) is 8.64. The minimum atomic E-state index is -0.761. The molecule has 3 aromatic rings. The van der Waals surface area contributed by atoms with Crippen LogP contribution in [0.1, 0.15) is 22.7 Å². The fourth-order valence-corrected chi connectivity index (χ4v) is 4.22. The first kappa shape index (κ1) is 23.1. The maximum atomic E-state index is 12.6. The van der Waals surface area contributed by atoms with Gasteiger partial charge >= 0.3 is 5.97 Å². The number of aromatic nitrogens is 1. The zero-order valence-electron chi connectivity index (χ0n) is 18.4. The van der Waals surface area contributed by atoms with Gasteiger partial charge in [-0.05, 0) is 30.7 Å². The minimum absolute atomic E-state index is 0.0600. The summed E-state index contributed by atoms with van der Waals surface area (Å²) in [5.74, 6) is -1.40. The summed E-state index contributed by atoms with van der Waals surface area (Å²) < 4.78 is 5.35. The van der Waals surface area contributed by atoms with E-state index in [9.17, 15) is 14.4 Å². The van der Waals surface area contributed by atoms with Crippen LogP contribution in [0.2, 0.25) is 0 Å². The molecule has 0 spiro atoms. The fourth-order valence-electron chi connectivity index (χ4n) is 3.44. The first-order valence-electron chi connectivity index (χ1n) is 10.6. The van der Waals surface area contributed by atoms with Gasteiger partial charge in [0, 0.05) is 17.5 Å². The molecule has 0 aliphatic carbocycles. The Balaban J connectivity index is 1.33. The van der Waals surface area contributed by atoms with Crippen molar-refractivity contribution in [1.82, 2.24) is 4.98 Å². The van der Waals surface area contributed by atoms with Gasteiger partial charge in [0.25, 0.3) is 0 Å². The van der Waals surface area contributed by atoms with Crippen molar-refractivity contribution in [3.05, 3.63) is 76.2 Å². The standard InChI is InChI=1S/C24H23N5O4S/c1-15-7-5-6-10-18(15)27-21(30)12-22-26-16(14-34-22)13-33-24(32)19-11-20(23(25)31)29(28-19)17-8-3-2-4-9-17/h2-10,14,20H,11-13H2,1H3,(H2,25,31)(H,27,30)/t20-/m0/s1. The topological polar surface area (TPSA) is 127 Å². The highest BCUT2D eigenvalue weighted by atomic mass is 32.1. The molecule has 34 heavy (non-hydrogen) atoms. The van der Waals surface area contributed by atoms with Crippen molar-refractivity contribution >= 4 is 46.2 Å². The lowest BCUT2D eigenvalue weighted by atomic mass is 10.1. The van der Waals surface area contributed by atoms with Crippen LogP contribution in [0.4, 0.5) is 11.4 Å². The lowest BCUT2D eigenvalue weighted by Crippen LogP contribution is -2.39. The maximum absolute atomic E-state index is 12.6. The summed E-state index contributed by atoms with van der Waals surface area (Å²) in [6, 6.07) is 15.8. The Morgan fingerprint density at radius 2 is 1.88 bits per heavy atom. The number of rotatable bonds is 8. The molecule has 2 amide bonds. The number of ether oxygens (including phenoxy) is 1. The van der Waals surface area contributed by atoms with Gasteiger partial charge < -0.3 is 15.8 Å². The predicted octanol–water partition coefficient (Wildman–Crippen LogP) is 2.80. The van der Waals surface area contributed by atoms with Crippen LogP contribution in [-0.2, 0) is 32.1 Å². The average molecular weight is 478 g/mol. The molecule has 1 aliphatic heterocycles. The number of para-hydroxylation sites is 2. The van der Waals surface area contributed by atoms with Crippen molar-refractivity contribution in [3.8, 4) is 0 Å². The number of esters is 1. The van der Waals surface area contributed by atoms with E-state index in [1.165, 1.54) is 16.3 Å². The summed E-state index contributed by atoms with van der Waals surface area (Å²) in [6.45, 7) is 1.85. The van der Waals surface area contributed by atoms with Crippen molar-refractivity contribution in [1.29, 1.82) is 0 Å². The highest BCUT2D eigenvalue weighted by Crippen LogP contribution is 2.25. The van der Waals surface area contributed by atoms with Crippen molar-refractivity contribution in [2.24, 2.45) is 10.8 Å². The number of carbonyl (C=O) groups is 3. The highest BCUT2D eigenvalue weighted by Gasteiger charge is 2.35. The van der Waals surface area contributed by atoms with E-state index in [0.29, 0.717) is 16.4 Å². The van der Waals surface area contributed by atoms with E-state index in [2.05, 4.69) is 15.4 Å². The van der Waals surface area contributed by atoms with Gasteiger partial charge in [-0.25, -0.2) is 9.78 Å². The maximum Gasteiger partial charge on any atom is 0.354 e. The molecular weight excluding hydrogens is 454 g/mol. The molecule has 4 rings (SSSR count). The van der Waals surface area contributed by atoms with Gasteiger partial charge in [-0.2, -0.15) is 5.10 Å². The third kappa shape index (κ3) is 5.46. The van der Waals surface area contributed by atoms with Crippen molar-refractivity contribution in [2.45, 2.75) is 32.4 Å². The Morgan fingerprint density at radius 3 is 2.62 bits per heavy atom. The SMILES string of the molecule is Cc1ccccc1NC(=O)Cc1nc(COC(=O)C2=NN(c3ccccc3)[C@H](C(N)=O)C2)cs1. The number of amides is 2. The Kier molecular flexibility index (Phi) is 6.98. The second kappa shape index (κ2) is 10.3. The smallest absolute Gasteiger partial charge is 0.354 e. The van der Waals surface area contributed by atoms with Crippen LogP contribution in [0, 0.1) is 6.92 Å². The predicted molar refractivity (Wildman–Crippen MR) is 129 cm³/mol. The number of nitrogens with zero attached hydrogens (tertiary/aromatic N) is 3. The molecule has 0 radical (unpaired) electrons. The largest absolute Gasteiger partial charge is 0.455 e. The molecule has 0 bridgehead atoms. The molecule has 1 atom stereocenters. The lowest BCUT2D eigenvalue weighted by Gasteiger charge is -2.20. The summed E-state index contributed by atoms with van der Waals surface area (Å²) >= 11 is 1.32. The number of hydrogen-bond donors (Lipinski definition) is 2.